The van der Waals surface area contributed by atoms with Gasteiger partial charge < -0.3 is 15.5 Å². The number of nitrogens with two attached hydrogens (primary N) is 1. The van der Waals surface area contributed by atoms with Crippen LogP contribution in [0, 0.1) is 0 Å². The van der Waals surface area contributed by atoms with Crippen molar-refractivity contribution >= 4 is 11.4 Å². The maximum Gasteiger partial charge on any atom is 0.0384 e. The Hall–Kier alpha value is -1.22. The lowest BCUT2D eigenvalue weighted by Gasteiger charge is -2.25. The third kappa shape index (κ3) is 4.75. The summed E-state index contributed by atoms with van der Waals surface area (Å²) in [7, 11) is 6.34. The fraction of sp³-hybridized carbons (Fsp3) is 0.625. The second-order valence-corrected chi connectivity index (χ2v) is 6.60. The molecule has 108 valence electrons. The lowest BCUT2D eigenvalue weighted by Crippen LogP contribution is -2.23. The van der Waals surface area contributed by atoms with E-state index in [1.54, 1.807) is 0 Å². The molecule has 0 saturated carbocycles. The molecule has 3 nitrogen and oxygen atoms in total. The summed E-state index contributed by atoms with van der Waals surface area (Å²) in [6, 6.07) is 6.43. The van der Waals surface area contributed by atoms with Crippen LogP contribution in [0.3, 0.4) is 0 Å². The second kappa shape index (κ2) is 6.29. The van der Waals surface area contributed by atoms with E-state index < -0.39 is 0 Å². The zero-order valence-electron chi connectivity index (χ0n) is 13.3. The Morgan fingerprint density at radius 3 is 2.16 bits per heavy atom. The smallest absolute Gasteiger partial charge is 0.0384 e. The molecule has 3 heteroatoms. The van der Waals surface area contributed by atoms with E-state index in [4.69, 9.17) is 5.73 Å². The van der Waals surface area contributed by atoms with Crippen molar-refractivity contribution in [3.8, 4) is 0 Å². The summed E-state index contributed by atoms with van der Waals surface area (Å²) in [4.78, 5) is 4.48. The average Bonchev–Trinajstić information content (AvgIpc) is 2.26. The molecule has 0 heterocycles. The number of nitrogen functional groups attached to an aromatic ring is 1. The molecule has 1 aromatic rings. The van der Waals surface area contributed by atoms with Gasteiger partial charge in [0.25, 0.3) is 0 Å². The maximum atomic E-state index is 6.19. The number of nitrogens with zero attached hydrogens (tertiary/aromatic N) is 2. The van der Waals surface area contributed by atoms with Crippen LogP contribution in [0.2, 0.25) is 0 Å². The Morgan fingerprint density at radius 2 is 1.68 bits per heavy atom. The highest BCUT2D eigenvalue weighted by molar-refractivity contribution is 5.61. The SMILES string of the molecule is CN(C)CCCN(C)c1ccc(C(C)(C)C)c(N)c1. The van der Waals surface area contributed by atoms with E-state index in [1.165, 1.54) is 11.3 Å². The number of rotatable bonds is 5. The summed E-state index contributed by atoms with van der Waals surface area (Å²) in [5.74, 6) is 0. The molecule has 0 aromatic heterocycles. The molecule has 0 radical (unpaired) electrons. The van der Waals surface area contributed by atoms with Gasteiger partial charge >= 0.3 is 0 Å². The molecule has 0 fully saturated rings. The predicted octanol–water partition coefficient (Wildman–Crippen LogP) is 2.95. The molecule has 0 aliphatic rings. The van der Waals surface area contributed by atoms with Crippen molar-refractivity contribution in [1.29, 1.82) is 0 Å². The van der Waals surface area contributed by atoms with Crippen LogP contribution in [0.1, 0.15) is 32.8 Å². The minimum atomic E-state index is 0.103. The van der Waals surface area contributed by atoms with Crippen molar-refractivity contribution in [1.82, 2.24) is 4.90 Å². The Bertz CT molecular complexity index is 405. The largest absolute Gasteiger partial charge is 0.398 e. The molecule has 0 atom stereocenters. The van der Waals surface area contributed by atoms with Crippen molar-refractivity contribution in [3.63, 3.8) is 0 Å². The van der Waals surface area contributed by atoms with E-state index in [0.717, 1.165) is 25.2 Å². The van der Waals surface area contributed by atoms with Crippen molar-refractivity contribution < 1.29 is 0 Å². The van der Waals surface area contributed by atoms with E-state index in [0.29, 0.717) is 0 Å². The van der Waals surface area contributed by atoms with Gasteiger partial charge in [0.2, 0.25) is 0 Å². The molecule has 0 spiro atoms. The summed E-state index contributed by atoms with van der Waals surface area (Å²) in [6.07, 6.45) is 1.16. The van der Waals surface area contributed by atoms with Gasteiger partial charge in [0, 0.05) is 25.0 Å². The molecule has 0 amide bonds. The Labute approximate surface area is 118 Å². The predicted molar refractivity (Wildman–Crippen MR) is 86.0 cm³/mol. The summed E-state index contributed by atoms with van der Waals surface area (Å²) >= 11 is 0. The number of benzene rings is 1. The standard InChI is InChI=1S/C16H29N3/c1-16(2,3)14-9-8-13(12-15(14)17)19(6)11-7-10-18(4)5/h8-9,12H,7,10-11,17H2,1-6H3. The van der Waals surface area contributed by atoms with Crippen LogP contribution < -0.4 is 10.6 Å². The van der Waals surface area contributed by atoms with Gasteiger partial charge in [-0.05, 0) is 50.2 Å². The van der Waals surface area contributed by atoms with Crippen LogP contribution >= 0.6 is 0 Å². The number of anilines is 2. The molecule has 0 aliphatic carbocycles. The summed E-state index contributed by atoms with van der Waals surface area (Å²) < 4.78 is 0. The average molecular weight is 263 g/mol. The highest BCUT2D eigenvalue weighted by atomic mass is 15.1. The van der Waals surface area contributed by atoms with Crippen LogP contribution in [-0.2, 0) is 5.41 Å². The van der Waals surface area contributed by atoms with E-state index in [9.17, 15) is 0 Å². The fourth-order valence-electron chi connectivity index (χ4n) is 2.22. The van der Waals surface area contributed by atoms with Crippen molar-refractivity contribution in [3.05, 3.63) is 23.8 Å². The van der Waals surface area contributed by atoms with Crippen LogP contribution in [0.5, 0.6) is 0 Å². The minimum Gasteiger partial charge on any atom is -0.398 e. The summed E-state index contributed by atoms with van der Waals surface area (Å²) in [6.45, 7) is 8.74. The van der Waals surface area contributed by atoms with Crippen LogP contribution in [-0.4, -0.2) is 39.1 Å². The molecular weight excluding hydrogens is 234 g/mol. The first-order valence-corrected chi connectivity index (χ1v) is 6.97. The fourth-order valence-corrected chi connectivity index (χ4v) is 2.22. The van der Waals surface area contributed by atoms with E-state index in [1.807, 2.05) is 0 Å². The Morgan fingerprint density at radius 1 is 1.05 bits per heavy atom. The number of hydrogen-bond donors (Lipinski definition) is 1. The third-order valence-corrected chi connectivity index (χ3v) is 3.38. The van der Waals surface area contributed by atoms with E-state index >= 15 is 0 Å². The molecule has 1 rings (SSSR count). The Kier molecular flexibility index (Phi) is 5.24. The quantitative estimate of drug-likeness (QED) is 0.829. The van der Waals surface area contributed by atoms with Crippen molar-refractivity contribution in [2.75, 3.05) is 44.9 Å². The van der Waals surface area contributed by atoms with Gasteiger partial charge in [-0.25, -0.2) is 0 Å². The highest BCUT2D eigenvalue weighted by Crippen LogP contribution is 2.30. The first-order valence-electron chi connectivity index (χ1n) is 6.97. The molecule has 0 saturated heterocycles. The minimum absolute atomic E-state index is 0.103. The third-order valence-electron chi connectivity index (χ3n) is 3.38. The molecule has 0 bridgehead atoms. The van der Waals surface area contributed by atoms with Crippen LogP contribution in [0.15, 0.2) is 18.2 Å². The van der Waals surface area contributed by atoms with Crippen LogP contribution in [0.25, 0.3) is 0 Å². The lowest BCUT2D eigenvalue weighted by molar-refractivity contribution is 0.401. The first-order chi connectivity index (χ1) is 8.71. The molecule has 1 aromatic carbocycles. The topological polar surface area (TPSA) is 32.5 Å². The molecule has 19 heavy (non-hydrogen) atoms. The van der Waals surface area contributed by atoms with Crippen LogP contribution in [0.4, 0.5) is 11.4 Å². The van der Waals surface area contributed by atoms with Gasteiger partial charge in [-0.3, -0.25) is 0 Å². The zero-order valence-corrected chi connectivity index (χ0v) is 13.3. The Balaban J connectivity index is 2.72. The highest BCUT2D eigenvalue weighted by Gasteiger charge is 2.17. The maximum absolute atomic E-state index is 6.19. The lowest BCUT2D eigenvalue weighted by atomic mass is 9.86. The second-order valence-electron chi connectivity index (χ2n) is 6.60. The van der Waals surface area contributed by atoms with Crippen molar-refractivity contribution in [2.45, 2.75) is 32.6 Å². The zero-order chi connectivity index (χ0) is 14.6. The van der Waals surface area contributed by atoms with Crippen molar-refractivity contribution in [2.24, 2.45) is 0 Å². The normalized spacial score (nSPS) is 11.9. The van der Waals surface area contributed by atoms with Gasteiger partial charge in [0.05, 0.1) is 0 Å². The summed E-state index contributed by atoms with van der Waals surface area (Å²) in [5.41, 5.74) is 9.60. The number of hydrogen-bond acceptors (Lipinski definition) is 3. The monoisotopic (exact) mass is 263 g/mol. The first kappa shape index (κ1) is 15.8. The summed E-state index contributed by atoms with van der Waals surface area (Å²) in [5, 5.41) is 0. The van der Waals surface area contributed by atoms with Gasteiger partial charge in [-0.15, -0.1) is 0 Å². The van der Waals surface area contributed by atoms with E-state index in [2.05, 4.69) is 69.9 Å². The van der Waals surface area contributed by atoms with Gasteiger partial charge in [0.15, 0.2) is 0 Å². The van der Waals surface area contributed by atoms with Gasteiger partial charge in [0.1, 0.15) is 0 Å². The van der Waals surface area contributed by atoms with Gasteiger partial charge in [-0.1, -0.05) is 26.8 Å². The molecular formula is C16H29N3. The molecule has 2 N–H and O–H groups in total. The molecule has 0 unspecified atom stereocenters. The van der Waals surface area contributed by atoms with Gasteiger partial charge in [-0.2, -0.15) is 0 Å². The van der Waals surface area contributed by atoms with E-state index in [-0.39, 0.29) is 5.41 Å². The molecule has 0 aliphatic heterocycles.